The quantitative estimate of drug-likeness (QED) is 0.767. The lowest BCUT2D eigenvalue weighted by Crippen LogP contribution is -2.43. The molecule has 0 radical (unpaired) electrons. The third-order valence-electron chi connectivity index (χ3n) is 2.46. The lowest BCUT2D eigenvalue weighted by Gasteiger charge is -2.24. The van der Waals surface area contributed by atoms with Crippen LogP contribution < -0.4 is 5.32 Å². The zero-order valence-electron chi connectivity index (χ0n) is 10.0. The second kappa shape index (κ2) is 4.84. The van der Waals surface area contributed by atoms with Gasteiger partial charge in [-0.3, -0.25) is 0 Å². The Kier molecular flexibility index (Phi) is 3.97. The Balaban J connectivity index is 2.37. The highest BCUT2D eigenvalue weighted by molar-refractivity contribution is 5.68. The number of hydrogen-bond acceptors (Lipinski definition) is 3. The van der Waals surface area contributed by atoms with Crippen LogP contribution in [0.2, 0.25) is 0 Å². The van der Waals surface area contributed by atoms with Crippen LogP contribution in [0.1, 0.15) is 40.0 Å². The first-order valence-electron chi connectivity index (χ1n) is 5.44. The third-order valence-corrected chi connectivity index (χ3v) is 2.46. The van der Waals surface area contributed by atoms with Gasteiger partial charge in [-0.15, -0.1) is 0 Å². The van der Waals surface area contributed by atoms with Crippen LogP contribution in [-0.2, 0) is 9.47 Å². The maximum absolute atomic E-state index is 11.5. The minimum absolute atomic E-state index is 0.102. The maximum Gasteiger partial charge on any atom is 0.407 e. The molecule has 1 aliphatic rings. The number of nitrogens with one attached hydrogen (secondary N) is 1. The van der Waals surface area contributed by atoms with Gasteiger partial charge in [0.05, 0.1) is 12.1 Å². The van der Waals surface area contributed by atoms with Crippen molar-refractivity contribution < 1.29 is 14.3 Å². The van der Waals surface area contributed by atoms with Gasteiger partial charge in [-0.1, -0.05) is 0 Å². The van der Waals surface area contributed by atoms with Crippen molar-refractivity contribution in [2.24, 2.45) is 0 Å². The van der Waals surface area contributed by atoms with Crippen LogP contribution in [0.4, 0.5) is 4.79 Å². The molecule has 1 fully saturated rings. The first-order chi connectivity index (χ1) is 6.92. The summed E-state index contributed by atoms with van der Waals surface area (Å²) in [6.07, 6.45) is 2.86. The predicted molar refractivity (Wildman–Crippen MR) is 57.8 cm³/mol. The predicted octanol–water partition coefficient (Wildman–Crippen LogP) is 2.08. The molecule has 0 saturated heterocycles. The molecular weight excluding hydrogens is 194 g/mol. The number of methoxy groups -OCH3 is 1. The molecule has 1 saturated carbocycles. The smallest absolute Gasteiger partial charge is 0.407 e. The summed E-state index contributed by atoms with van der Waals surface area (Å²) in [6.45, 7) is 5.57. The van der Waals surface area contributed by atoms with Gasteiger partial charge in [0, 0.05) is 7.11 Å². The normalized spacial score (nSPS) is 26.4. The number of alkyl carbamates (subject to hydrolysis) is 1. The van der Waals surface area contributed by atoms with Gasteiger partial charge in [-0.25, -0.2) is 4.79 Å². The Labute approximate surface area is 91.3 Å². The number of carbonyl (C=O) groups is 1. The SMILES string of the molecule is CO[C@@H]1CCC[C@H]1NC(=O)OC(C)(C)C. The highest BCUT2D eigenvalue weighted by atomic mass is 16.6. The van der Waals surface area contributed by atoms with Crippen molar-refractivity contribution in [3.8, 4) is 0 Å². The van der Waals surface area contributed by atoms with E-state index in [4.69, 9.17) is 9.47 Å². The van der Waals surface area contributed by atoms with Crippen molar-refractivity contribution in [1.29, 1.82) is 0 Å². The van der Waals surface area contributed by atoms with Gasteiger partial charge in [0.2, 0.25) is 0 Å². The molecule has 1 N–H and O–H groups in total. The van der Waals surface area contributed by atoms with E-state index in [2.05, 4.69) is 5.32 Å². The van der Waals surface area contributed by atoms with Crippen LogP contribution in [0, 0.1) is 0 Å². The summed E-state index contributed by atoms with van der Waals surface area (Å²) in [4.78, 5) is 11.5. The number of amides is 1. The van der Waals surface area contributed by atoms with Crippen LogP contribution in [-0.4, -0.2) is 30.9 Å². The minimum atomic E-state index is -0.439. The molecular formula is C11H21NO3. The Morgan fingerprint density at radius 1 is 1.33 bits per heavy atom. The lowest BCUT2D eigenvalue weighted by molar-refractivity contribution is 0.0392. The number of ether oxygens (including phenoxy) is 2. The second-order valence-corrected chi connectivity index (χ2v) is 4.96. The topological polar surface area (TPSA) is 47.6 Å². The van der Waals surface area contributed by atoms with Gasteiger partial charge in [-0.2, -0.15) is 0 Å². The highest BCUT2D eigenvalue weighted by Crippen LogP contribution is 2.21. The molecule has 0 spiro atoms. The van der Waals surface area contributed by atoms with Crippen LogP contribution >= 0.6 is 0 Å². The molecule has 0 aromatic carbocycles. The zero-order valence-corrected chi connectivity index (χ0v) is 10.0. The van der Waals surface area contributed by atoms with E-state index in [0.717, 1.165) is 19.3 Å². The summed E-state index contributed by atoms with van der Waals surface area (Å²) < 4.78 is 10.5. The van der Waals surface area contributed by atoms with Gasteiger partial charge in [0.25, 0.3) is 0 Å². The number of hydrogen-bond donors (Lipinski definition) is 1. The molecule has 1 amide bonds. The van der Waals surface area contributed by atoms with Crippen LogP contribution in [0.15, 0.2) is 0 Å². The summed E-state index contributed by atoms with van der Waals surface area (Å²) in [5, 5.41) is 2.85. The highest BCUT2D eigenvalue weighted by Gasteiger charge is 2.29. The van der Waals surface area contributed by atoms with Gasteiger partial charge < -0.3 is 14.8 Å². The van der Waals surface area contributed by atoms with E-state index in [1.807, 2.05) is 20.8 Å². The fraction of sp³-hybridized carbons (Fsp3) is 0.909. The Morgan fingerprint density at radius 3 is 2.53 bits per heavy atom. The Hall–Kier alpha value is -0.770. The molecule has 2 atom stereocenters. The Morgan fingerprint density at radius 2 is 2.00 bits per heavy atom. The zero-order chi connectivity index (χ0) is 11.5. The summed E-state index contributed by atoms with van der Waals surface area (Å²) in [5.41, 5.74) is -0.439. The molecule has 0 aliphatic heterocycles. The van der Waals surface area contributed by atoms with Crippen molar-refractivity contribution in [1.82, 2.24) is 5.32 Å². The van der Waals surface area contributed by atoms with E-state index in [1.165, 1.54) is 0 Å². The lowest BCUT2D eigenvalue weighted by atomic mass is 10.2. The molecule has 0 bridgehead atoms. The van der Waals surface area contributed by atoms with E-state index in [0.29, 0.717) is 0 Å². The summed E-state index contributed by atoms with van der Waals surface area (Å²) in [7, 11) is 1.68. The van der Waals surface area contributed by atoms with Gasteiger partial charge >= 0.3 is 6.09 Å². The van der Waals surface area contributed by atoms with Gasteiger partial charge in [0.1, 0.15) is 5.60 Å². The molecule has 4 heteroatoms. The summed E-state index contributed by atoms with van der Waals surface area (Å²) >= 11 is 0. The van der Waals surface area contributed by atoms with Crippen LogP contribution in [0.3, 0.4) is 0 Å². The molecule has 15 heavy (non-hydrogen) atoms. The van der Waals surface area contributed by atoms with Crippen molar-refractivity contribution in [3.05, 3.63) is 0 Å². The maximum atomic E-state index is 11.5. The average molecular weight is 215 g/mol. The van der Waals surface area contributed by atoms with E-state index in [9.17, 15) is 4.79 Å². The fourth-order valence-corrected chi connectivity index (χ4v) is 1.83. The first-order valence-corrected chi connectivity index (χ1v) is 5.44. The first kappa shape index (κ1) is 12.3. The standard InChI is InChI=1S/C11H21NO3/c1-11(2,3)15-10(13)12-8-6-5-7-9(8)14-4/h8-9H,5-7H2,1-4H3,(H,12,13)/t8-,9-/m1/s1. The van der Waals surface area contributed by atoms with E-state index in [1.54, 1.807) is 7.11 Å². The monoisotopic (exact) mass is 215 g/mol. The van der Waals surface area contributed by atoms with Crippen LogP contribution in [0.5, 0.6) is 0 Å². The molecule has 0 heterocycles. The van der Waals surface area contributed by atoms with Crippen molar-refractivity contribution in [2.45, 2.75) is 57.8 Å². The van der Waals surface area contributed by atoms with Crippen molar-refractivity contribution in [2.75, 3.05) is 7.11 Å². The third kappa shape index (κ3) is 4.08. The molecule has 0 aromatic heterocycles. The van der Waals surface area contributed by atoms with Crippen LogP contribution in [0.25, 0.3) is 0 Å². The average Bonchev–Trinajstić information content (AvgIpc) is 2.48. The van der Waals surface area contributed by atoms with E-state index in [-0.39, 0.29) is 18.2 Å². The molecule has 0 unspecified atom stereocenters. The number of rotatable bonds is 2. The number of carbonyl (C=O) groups excluding carboxylic acids is 1. The van der Waals surface area contributed by atoms with Crippen molar-refractivity contribution in [3.63, 3.8) is 0 Å². The van der Waals surface area contributed by atoms with Crippen molar-refractivity contribution >= 4 is 6.09 Å². The summed E-state index contributed by atoms with van der Waals surface area (Å²) in [5.74, 6) is 0. The summed E-state index contributed by atoms with van der Waals surface area (Å²) in [6, 6.07) is 0.102. The Bertz CT molecular complexity index is 222. The molecule has 88 valence electrons. The molecule has 1 rings (SSSR count). The molecule has 4 nitrogen and oxygen atoms in total. The minimum Gasteiger partial charge on any atom is -0.444 e. The van der Waals surface area contributed by atoms with E-state index >= 15 is 0 Å². The molecule has 1 aliphatic carbocycles. The van der Waals surface area contributed by atoms with Gasteiger partial charge in [-0.05, 0) is 40.0 Å². The largest absolute Gasteiger partial charge is 0.444 e. The van der Waals surface area contributed by atoms with Gasteiger partial charge in [0.15, 0.2) is 0 Å². The second-order valence-electron chi connectivity index (χ2n) is 4.96. The molecule has 0 aromatic rings. The van der Waals surface area contributed by atoms with E-state index < -0.39 is 5.60 Å². The fourth-order valence-electron chi connectivity index (χ4n) is 1.83.